The van der Waals surface area contributed by atoms with Gasteiger partial charge in [-0.1, -0.05) is 31.5 Å². The number of benzene rings is 1. The van der Waals surface area contributed by atoms with E-state index >= 15 is 0 Å². The van der Waals surface area contributed by atoms with Gasteiger partial charge >= 0.3 is 0 Å². The molecule has 1 unspecified atom stereocenters. The molecule has 1 N–H and O–H groups in total. The minimum absolute atomic E-state index is 0.00222. The van der Waals surface area contributed by atoms with Crippen LogP contribution in [0.3, 0.4) is 0 Å². The zero-order valence-corrected chi connectivity index (χ0v) is 8.83. The Hall–Kier alpha value is -1.75. The average molecular weight is 198 g/mol. The van der Waals surface area contributed by atoms with Gasteiger partial charge in [-0.15, -0.1) is 0 Å². The molecule has 0 spiro atoms. The fourth-order valence-corrected chi connectivity index (χ4v) is 1.86. The van der Waals surface area contributed by atoms with E-state index in [0.29, 0.717) is 0 Å². The van der Waals surface area contributed by atoms with E-state index in [0.717, 1.165) is 24.1 Å². The standard InChI is InChI=1S/C13H14N2/c1-2-5-11(9-14)13-8-10-6-3-4-7-12(10)15-13/h3-4,6-8,11,15H,2,5H2,1H3. The van der Waals surface area contributed by atoms with Crippen LogP contribution in [-0.2, 0) is 0 Å². The van der Waals surface area contributed by atoms with Crippen LogP contribution < -0.4 is 0 Å². The summed E-state index contributed by atoms with van der Waals surface area (Å²) in [7, 11) is 0. The Morgan fingerprint density at radius 1 is 1.40 bits per heavy atom. The van der Waals surface area contributed by atoms with E-state index in [2.05, 4.69) is 30.1 Å². The van der Waals surface area contributed by atoms with Crippen molar-refractivity contribution in [3.8, 4) is 6.07 Å². The third kappa shape index (κ3) is 1.87. The number of aromatic amines is 1. The first-order valence-electron chi connectivity index (χ1n) is 5.32. The molecular formula is C13H14N2. The minimum atomic E-state index is 0.00222. The summed E-state index contributed by atoms with van der Waals surface area (Å²) in [4.78, 5) is 3.31. The van der Waals surface area contributed by atoms with Crippen molar-refractivity contribution >= 4 is 10.9 Å². The lowest BCUT2D eigenvalue weighted by Gasteiger charge is -2.03. The van der Waals surface area contributed by atoms with E-state index in [4.69, 9.17) is 5.26 Å². The molecular weight excluding hydrogens is 184 g/mol. The number of hydrogen-bond donors (Lipinski definition) is 1. The summed E-state index contributed by atoms with van der Waals surface area (Å²) in [6.45, 7) is 2.10. The van der Waals surface area contributed by atoms with Gasteiger partial charge < -0.3 is 4.98 Å². The van der Waals surface area contributed by atoms with Crippen molar-refractivity contribution in [2.45, 2.75) is 25.7 Å². The second-order valence-electron chi connectivity index (χ2n) is 3.78. The van der Waals surface area contributed by atoms with Gasteiger partial charge in [-0.2, -0.15) is 5.26 Å². The average Bonchev–Trinajstić information content (AvgIpc) is 2.69. The summed E-state index contributed by atoms with van der Waals surface area (Å²) in [5, 5.41) is 10.2. The van der Waals surface area contributed by atoms with Crippen molar-refractivity contribution in [2.75, 3.05) is 0 Å². The van der Waals surface area contributed by atoms with Crippen molar-refractivity contribution in [2.24, 2.45) is 0 Å². The summed E-state index contributed by atoms with van der Waals surface area (Å²) in [6.07, 6.45) is 1.96. The molecule has 0 bridgehead atoms. The van der Waals surface area contributed by atoms with Gasteiger partial charge in [0.15, 0.2) is 0 Å². The molecule has 0 saturated heterocycles. The highest BCUT2D eigenvalue weighted by Crippen LogP contribution is 2.24. The minimum Gasteiger partial charge on any atom is -0.357 e. The molecule has 15 heavy (non-hydrogen) atoms. The zero-order chi connectivity index (χ0) is 10.7. The SMILES string of the molecule is CCCC(C#N)c1cc2ccccc2[nH]1. The molecule has 2 nitrogen and oxygen atoms in total. The molecule has 0 saturated carbocycles. The monoisotopic (exact) mass is 198 g/mol. The van der Waals surface area contributed by atoms with Gasteiger partial charge in [-0.25, -0.2) is 0 Å². The van der Waals surface area contributed by atoms with Crippen LogP contribution in [0.25, 0.3) is 10.9 Å². The Morgan fingerprint density at radius 2 is 2.20 bits per heavy atom. The molecule has 2 aromatic rings. The quantitative estimate of drug-likeness (QED) is 0.804. The van der Waals surface area contributed by atoms with Gasteiger partial charge in [0, 0.05) is 11.2 Å². The maximum Gasteiger partial charge on any atom is 0.0862 e. The fraction of sp³-hybridized carbons (Fsp3) is 0.308. The van der Waals surface area contributed by atoms with Crippen LogP contribution in [0.1, 0.15) is 31.4 Å². The van der Waals surface area contributed by atoms with Crippen LogP contribution in [0, 0.1) is 11.3 Å². The lowest BCUT2D eigenvalue weighted by molar-refractivity contribution is 0.714. The van der Waals surface area contributed by atoms with Crippen LogP contribution in [0.2, 0.25) is 0 Å². The van der Waals surface area contributed by atoms with Gasteiger partial charge in [-0.3, -0.25) is 0 Å². The Balaban J connectivity index is 2.39. The van der Waals surface area contributed by atoms with E-state index in [1.165, 1.54) is 5.39 Å². The van der Waals surface area contributed by atoms with Gasteiger partial charge in [0.1, 0.15) is 0 Å². The number of rotatable bonds is 3. The second-order valence-corrected chi connectivity index (χ2v) is 3.78. The summed E-state index contributed by atoms with van der Waals surface area (Å²) in [5.74, 6) is 0.00222. The number of hydrogen-bond acceptors (Lipinski definition) is 1. The van der Waals surface area contributed by atoms with Crippen LogP contribution in [-0.4, -0.2) is 4.98 Å². The zero-order valence-electron chi connectivity index (χ0n) is 8.83. The van der Waals surface area contributed by atoms with Crippen molar-refractivity contribution in [3.63, 3.8) is 0 Å². The number of para-hydroxylation sites is 1. The van der Waals surface area contributed by atoms with E-state index in [-0.39, 0.29) is 5.92 Å². The Kier molecular flexibility index (Phi) is 2.73. The number of H-pyrrole nitrogens is 1. The molecule has 2 rings (SSSR count). The van der Waals surface area contributed by atoms with Crippen LogP contribution in [0.5, 0.6) is 0 Å². The fourth-order valence-electron chi connectivity index (χ4n) is 1.86. The number of nitriles is 1. The van der Waals surface area contributed by atoms with Gasteiger partial charge in [0.2, 0.25) is 0 Å². The first-order chi connectivity index (χ1) is 7.35. The number of aromatic nitrogens is 1. The molecule has 0 aliphatic heterocycles. The van der Waals surface area contributed by atoms with Gasteiger partial charge in [-0.05, 0) is 23.9 Å². The van der Waals surface area contributed by atoms with Gasteiger partial charge in [0.05, 0.1) is 12.0 Å². The molecule has 0 radical (unpaired) electrons. The summed E-state index contributed by atoms with van der Waals surface area (Å²) < 4.78 is 0. The van der Waals surface area contributed by atoms with Crippen LogP contribution in [0.15, 0.2) is 30.3 Å². The van der Waals surface area contributed by atoms with E-state index < -0.39 is 0 Å². The van der Waals surface area contributed by atoms with E-state index in [1.54, 1.807) is 0 Å². The molecule has 0 fully saturated rings. The molecule has 1 aromatic heterocycles. The Morgan fingerprint density at radius 3 is 2.87 bits per heavy atom. The Bertz CT molecular complexity index is 457. The number of fused-ring (bicyclic) bond motifs is 1. The van der Waals surface area contributed by atoms with E-state index in [9.17, 15) is 0 Å². The number of nitrogens with zero attached hydrogens (tertiary/aromatic N) is 1. The first-order valence-corrected chi connectivity index (χ1v) is 5.32. The van der Waals surface area contributed by atoms with Gasteiger partial charge in [0.25, 0.3) is 0 Å². The first kappa shape index (κ1) is 9.79. The van der Waals surface area contributed by atoms with Crippen LogP contribution >= 0.6 is 0 Å². The molecule has 1 atom stereocenters. The van der Waals surface area contributed by atoms with Crippen LogP contribution in [0.4, 0.5) is 0 Å². The highest BCUT2D eigenvalue weighted by Gasteiger charge is 2.11. The third-order valence-corrected chi connectivity index (χ3v) is 2.66. The molecule has 0 amide bonds. The lowest BCUT2D eigenvalue weighted by Crippen LogP contribution is -1.94. The topological polar surface area (TPSA) is 39.6 Å². The molecule has 0 aliphatic carbocycles. The maximum absolute atomic E-state index is 9.07. The second kappa shape index (κ2) is 4.18. The molecule has 1 heterocycles. The normalized spacial score (nSPS) is 12.5. The van der Waals surface area contributed by atoms with Crippen molar-refractivity contribution in [1.82, 2.24) is 4.98 Å². The largest absolute Gasteiger partial charge is 0.357 e. The molecule has 0 aliphatic rings. The summed E-state index contributed by atoms with van der Waals surface area (Å²) in [5.41, 5.74) is 2.16. The van der Waals surface area contributed by atoms with Crippen molar-refractivity contribution < 1.29 is 0 Å². The van der Waals surface area contributed by atoms with Crippen molar-refractivity contribution in [3.05, 3.63) is 36.0 Å². The molecule has 2 heteroatoms. The molecule has 76 valence electrons. The molecule has 1 aromatic carbocycles. The smallest absolute Gasteiger partial charge is 0.0862 e. The maximum atomic E-state index is 9.07. The highest BCUT2D eigenvalue weighted by atomic mass is 14.7. The van der Waals surface area contributed by atoms with E-state index in [1.807, 2.05) is 18.2 Å². The van der Waals surface area contributed by atoms with Crippen molar-refractivity contribution in [1.29, 1.82) is 5.26 Å². The summed E-state index contributed by atoms with van der Waals surface area (Å²) in [6, 6.07) is 12.6. The highest BCUT2D eigenvalue weighted by molar-refractivity contribution is 5.80. The lowest BCUT2D eigenvalue weighted by atomic mass is 10.0. The number of nitrogens with one attached hydrogen (secondary N) is 1. The summed E-state index contributed by atoms with van der Waals surface area (Å²) >= 11 is 0. The predicted molar refractivity (Wildman–Crippen MR) is 61.6 cm³/mol. The third-order valence-electron chi connectivity index (χ3n) is 2.66. The predicted octanol–water partition coefficient (Wildman–Crippen LogP) is 3.58. The Labute approximate surface area is 89.5 Å².